The molecule has 0 aromatic heterocycles. The highest BCUT2D eigenvalue weighted by molar-refractivity contribution is 14.0. The summed E-state index contributed by atoms with van der Waals surface area (Å²) in [7, 11) is 0. The maximum atomic E-state index is 12.0. The number of hydrogen-bond donors (Lipinski definition) is 2. The van der Waals surface area contributed by atoms with Crippen LogP contribution in [-0.4, -0.2) is 85.7 Å². The number of amides is 1. The average Bonchev–Trinajstić information content (AvgIpc) is 3.00. The van der Waals surface area contributed by atoms with Crippen LogP contribution in [0.2, 0.25) is 0 Å². The van der Waals surface area contributed by atoms with E-state index >= 15 is 0 Å². The summed E-state index contributed by atoms with van der Waals surface area (Å²) in [4.78, 5) is 21.3. The summed E-state index contributed by atoms with van der Waals surface area (Å²) in [6.07, 6.45) is 1.14. The van der Waals surface area contributed by atoms with Gasteiger partial charge in [0.25, 0.3) is 0 Å². The highest BCUT2D eigenvalue weighted by Crippen LogP contribution is 2.17. The van der Waals surface area contributed by atoms with Crippen molar-refractivity contribution in [1.82, 2.24) is 20.4 Å². The van der Waals surface area contributed by atoms with Crippen molar-refractivity contribution in [2.45, 2.75) is 45.7 Å². The first kappa shape index (κ1) is 22.4. The molecule has 0 spiro atoms. The van der Waals surface area contributed by atoms with Gasteiger partial charge in [0.1, 0.15) is 6.54 Å². The van der Waals surface area contributed by atoms with Gasteiger partial charge in [-0.25, -0.2) is 4.99 Å². The van der Waals surface area contributed by atoms with Gasteiger partial charge in [-0.05, 0) is 34.1 Å². The Hall–Kier alpha value is -0.610. The van der Waals surface area contributed by atoms with Crippen LogP contribution in [0.1, 0.15) is 34.1 Å². The number of rotatable bonds is 4. The minimum Gasteiger partial charge on any atom is -0.379 e. The highest BCUT2D eigenvalue weighted by atomic mass is 127. The largest absolute Gasteiger partial charge is 0.379 e. The normalized spacial score (nSPS) is 22.5. The third-order valence-corrected chi connectivity index (χ3v) is 4.25. The first-order valence-corrected chi connectivity index (χ1v) is 9.05. The molecule has 2 rings (SSSR count). The fourth-order valence-electron chi connectivity index (χ4n) is 3.21. The molecule has 0 aromatic rings. The fraction of sp³-hybridized carbons (Fsp3) is 0.882. The van der Waals surface area contributed by atoms with E-state index in [-0.39, 0.29) is 42.0 Å². The quantitative estimate of drug-likeness (QED) is 0.365. The molecular formula is C17H34IN5O2. The van der Waals surface area contributed by atoms with E-state index in [2.05, 4.69) is 32.3 Å². The number of likely N-dealkylation sites (tertiary alicyclic amines) is 1. The minimum atomic E-state index is -0.222. The second kappa shape index (κ2) is 10.5. The Kier molecular flexibility index (Phi) is 9.44. The molecule has 1 unspecified atom stereocenters. The molecule has 1 amide bonds. The number of aliphatic imine (C=N–C) groups is 1. The van der Waals surface area contributed by atoms with E-state index in [4.69, 9.17) is 4.74 Å². The lowest BCUT2D eigenvalue weighted by Gasteiger charge is -2.32. The second-order valence-corrected chi connectivity index (χ2v) is 7.51. The standard InChI is InChI=1S/C17H33N5O2.HI/c1-5-18-16(19-12-15(23)20-17(2,3)4)22-7-6-14(13-22)21-8-10-24-11-9-21;/h14H,5-13H2,1-4H3,(H,18,19)(H,20,23);1H. The summed E-state index contributed by atoms with van der Waals surface area (Å²) >= 11 is 0. The predicted molar refractivity (Wildman–Crippen MR) is 112 cm³/mol. The van der Waals surface area contributed by atoms with Crippen LogP contribution in [0.4, 0.5) is 0 Å². The van der Waals surface area contributed by atoms with Crippen molar-refractivity contribution in [3.63, 3.8) is 0 Å². The number of ether oxygens (including phenoxy) is 1. The van der Waals surface area contributed by atoms with E-state index in [1.54, 1.807) is 0 Å². The van der Waals surface area contributed by atoms with Crippen LogP contribution in [0.15, 0.2) is 4.99 Å². The van der Waals surface area contributed by atoms with Gasteiger partial charge in [-0.15, -0.1) is 24.0 Å². The lowest BCUT2D eigenvalue weighted by Crippen LogP contribution is -2.47. The van der Waals surface area contributed by atoms with E-state index in [0.29, 0.717) is 6.04 Å². The molecular weight excluding hydrogens is 433 g/mol. The Morgan fingerprint density at radius 1 is 1.24 bits per heavy atom. The topological polar surface area (TPSA) is 69.2 Å². The van der Waals surface area contributed by atoms with Crippen molar-refractivity contribution in [3.05, 3.63) is 0 Å². The van der Waals surface area contributed by atoms with Gasteiger partial charge in [-0.3, -0.25) is 9.69 Å². The van der Waals surface area contributed by atoms with Crippen molar-refractivity contribution >= 4 is 35.8 Å². The molecule has 2 saturated heterocycles. The molecule has 2 N–H and O–H groups in total. The molecule has 0 bridgehead atoms. The van der Waals surface area contributed by atoms with Crippen LogP contribution in [0, 0.1) is 0 Å². The van der Waals surface area contributed by atoms with Crippen molar-refractivity contribution in [3.8, 4) is 0 Å². The van der Waals surface area contributed by atoms with Crippen LogP contribution >= 0.6 is 24.0 Å². The lowest BCUT2D eigenvalue weighted by molar-refractivity contribution is -0.121. The predicted octanol–water partition coefficient (Wildman–Crippen LogP) is 0.891. The molecule has 2 aliphatic heterocycles. The molecule has 0 saturated carbocycles. The lowest BCUT2D eigenvalue weighted by atomic mass is 10.1. The number of morpholine rings is 1. The SMILES string of the molecule is CCNC(=NCC(=O)NC(C)(C)C)N1CCC(N2CCOCC2)C1.I. The van der Waals surface area contributed by atoms with Crippen molar-refractivity contribution in [2.75, 3.05) is 52.5 Å². The van der Waals surface area contributed by atoms with E-state index in [1.807, 2.05) is 20.8 Å². The third kappa shape index (κ3) is 7.65. The van der Waals surface area contributed by atoms with Crippen LogP contribution < -0.4 is 10.6 Å². The van der Waals surface area contributed by atoms with Gasteiger partial charge in [-0.2, -0.15) is 0 Å². The number of halogens is 1. The number of carbonyl (C=O) groups is 1. The van der Waals surface area contributed by atoms with Crippen molar-refractivity contribution in [2.24, 2.45) is 4.99 Å². The molecule has 146 valence electrons. The molecule has 2 heterocycles. The van der Waals surface area contributed by atoms with E-state index < -0.39 is 0 Å². The maximum Gasteiger partial charge on any atom is 0.242 e. The Balaban J connectivity index is 0.00000312. The summed E-state index contributed by atoms with van der Waals surface area (Å²) in [6.45, 7) is 14.6. The van der Waals surface area contributed by atoms with Crippen molar-refractivity contribution in [1.29, 1.82) is 0 Å². The van der Waals surface area contributed by atoms with Crippen LogP contribution in [0.5, 0.6) is 0 Å². The molecule has 1 atom stereocenters. The summed E-state index contributed by atoms with van der Waals surface area (Å²) < 4.78 is 5.44. The van der Waals surface area contributed by atoms with Crippen LogP contribution in [0.3, 0.4) is 0 Å². The molecule has 0 aromatic carbocycles. The first-order chi connectivity index (χ1) is 11.4. The second-order valence-electron chi connectivity index (χ2n) is 7.51. The summed E-state index contributed by atoms with van der Waals surface area (Å²) in [5.74, 6) is 0.805. The van der Waals surface area contributed by atoms with Crippen LogP contribution in [0.25, 0.3) is 0 Å². The minimum absolute atomic E-state index is 0. The summed E-state index contributed by atoms with van der Waals surface area (Å²) in [5.41, 5.74) is -0.222. The van der Waals surface area contributed by atoms with Gasteiger partial charge in [0.05, 0.1) is 13.2 Å². The zero-order valence-corrected chi connectivity index (χ0v) is 18.3. The Morgan fingerprint density at radius 3 is 2.52 bits per heavy atom. The van der Waals surface area contributed by atoms with E-state index in [9.17, 15) is 4.79 Å². The molecule has 0 radical (unpaired) electrons. The molecule has 2 fully saturated rings. The Morgan fingerprint density at radius 2 is 1.92 bits per heavy atom. The number of guanidine groups is 1. The zero-order chi connectivity index (χ0) is 17.6. The van der Waals surface area contributed by atoms with Crippen molar-refractivity contribution < 1.29 is 9.53 Å². The van der Waals surface area contributed by atoms with Gasteiger partial charge in [0.2, 0.25) is 5.91 Å². The number of hydrogen-bond acceptors (Lipinski definition) is 4. The van der Waals surface area contributed by atoms with Crippen LogP contribution in [-0.2, 0) is 9.53 Å². The first-order valence-electron chi connectivity index (χ1n) is 9.05. The number of carbonyl (C=O) groups excluding carboxylic acids is 1. The Bertz CT molecular complexity index is 447. The van der Waals surface area contributed by atoms with Gasteiger partial charge in [0, 0.05) is 44.3 Å². The Labute approximate surface area is 169 Å². The fourth-order valence-corrected chi connectivity index (χ4v) is 3.21. The monoisotopic (exact) mass is 467 g/mol. The van der Waals surface area contributed by atoms with Gasteiger partial charge in [-0.1, -0.05) is 0 Å². The molecule has 7 nitrogen and oxygen atoms in total. The molecule has 8 heteroatoms. The zero-order valence-electron chi connectivity index (χ0n) is 16.0. The maximum absolute atomic E-state index is 12.0. The summed E-state index contributed by atoms with van der Waals surface area (Å²) in [5, 5.41) is 6.27. The number of nitrogens with one attached hydrogen (secondary N) is 2. The van der Waals surface area contributed by atoms with Gasteiger partial charge < -0.3 is 20.3 Å². The van der Waals surface area contributed by atoms with E-state index in [0.717, 1.165) is 58.3 Å². The molecule has 25 heavy (non-hydrogen) atoms. The number of nitrogens with zero attached hydrogens (tertiary/aromatic N) is 3. The van der Waals surface area contributed by atoms with E-state index in [1.165, 1.54) is 0 Å². The third-order valence-electron chi connectivity index (χ3n) is 4.25. The summed E-state index contributed by atoms with van der Waals surface area (Å²) in [6, 6.07) is 0.557. The smallest absolute Gasteiger partial charge is 0.242 e. The van der Waals surface area contributed by atoms with Gasteiger partial charge in [0.15, 0.2) is 5.96 Å². The molecule has 0 aliphatic carbocycles. The highest BCUT2D eigenvalue weighted by Gasteiger charge is 2.30. The van der Waals surface area contributed by atoms with Gasteiger partial charge >= 0.3 is 0 Å². The molecule has 2 aliphatic rings. The average molecular weight is 467 g/mol.